The Hall–Kier alpha value is -1.71. The lowest BCUT2D eigenvalue weighted by molar-refractivity contribution is 0.0598. The third-order valence-electron chi connectivity index (χ3n) is 2.58. The van der Waals surface area contributed by atoms with Crippen molar-refractivity contribution in [2.24, 2.45) is 0 Å². The maximum atomic E-state index is 11.7. The molecule has 94 valence electrons. The van der Waals surface area contributed by atoms with Gasteiger partial charge in [-0.25, -0.2) is 4.79 Å². The van der Waals surface area contributed by atoms with Gasteiger partial charge in [0.15, 0.2) is 11.5 Å². The fraction of sp³-hybridized carbons (Fsp3) is 0.462. The number of ether oxygens (including phenoxy) is 3. The van der Waals surface area contributed by atoms with Gasteiger partial charge in [-0.3, -0.25) is 0 Å². The number of methoxy groups -OCH3 is 3. The number of carbonyl (C=O) groups is 1. The third-order valence-corrected chi connectivity index (χ3v) is 2.58. The molecule has 1 aromatic rings. The van der Waals surface area contributed by atoms with Crippen molar-refractivity contribution in [3.8, 4) is 11.5 Å². The number of hydrogen-bond donors (Lipinski definition) is 0. The van der Waals surface area contributed by atoms with Crippen molar-refractivity contribution in [2.45, 2.75) is 19.8 Å². The minimum atomic E-state index is -0.366. The standard InChI is InChI=1S/C13H18O4/c1-8(2)9-6-11(15-3)12(16-4)7-10(9)13(14)17-5/h6-8H,1-5H3. The van der Waals surface area contributed by atoms with Crippen molar-refractivity contribution in [3.63, 3.8) is 0 Å². The zero-order chi connectivity index (χ0) is 13.0. The van der Waals surface area contributed by atoms with E-state index in [-0.39, 0.29) is 11.9 Å². The van der Waals surface area contributed by atoms with Crippen LogP contribution >= 0.6 is 0 Å². The number of rotatable bonds is 4. The van der Waals surface area contributed by atoms with Crippen LogP contribution in [0.25, 0.3) is 0 Å². The largest absolute Gasteiger partial charge is 0.493 e. The average Bonchev–Trinajstić information content (AvgIpc) is 2.35. The normalized spacial score (nSPS) is 10.2. The van der Waals surface area contributed by atoms with Gasteiger partial charge in [-0.1, -0.05) is 13.8 Å². The van der Waals surface area contributed by atoms with Gasteiger partial charge in [0, 0.05) is 0 Å². The lowest BCUT2D eigenvalue weighted by atomic mass is 9.96. The van der Waals surface area contributed by atoms with Crippen molar-refractivity contribution in [1.82, 2.24) is 0 Å². The predicted molar refractivity (Wildman–Crippen MR) is 65.0 cm³/mol. The highest BCUT2D eigenvalue weighted by atomic mass is 16.5. The summed E-state index contributed by atoms with van der Waals surface area (Å²) in [6.07, 6.45) is 0. The smallest absolute Gasteiger partial charge is 0.338 e. The quantitative estimate of drug-likeness (QED) is 0.756. The van der Waals surface area contributed by atoms with E-state index in [2.05, 4.69) is 0 Å². The average molecular weight is 238 g/mol. The summed E-state index contributed by atoms with van der Waals surface area (Å²) in [5, 5.41) is 0. The molecule has 4 heteroatoms. The van der Waals surface area contributed by atoms with Crippen LogP contribution in [0.2, 0.25) is 0 Å². The van der Waals surface area contributed by atoms with Gasteiger partial charge in [0.1, 0.15) is 0 Å². The topological polar surface area (TPSA) is 44.8 Å². The summed E-state index contributed by atoms with van der Waals surface area (Å²) in [4.78, 5) is 11.7. The summed E-state index contributed by atoms with van der Waals surface area (Å²) >= 11 is 0. The van der Waals surface area contributed by atoms with E-state index in [1.54, 1.807) is 13.2 Å². The number of hydrogen-bond acceptors (Lipinski definition) is 4. The van der Waals surface area contributed by atoms with E-state index >= 15 is 0 Å². The summed E-state index contributed by atoms with van der Waals surface area (Å²) < 4.78 is 15.2. The van der Waals surface area contributed by atoms with Crippen molar-refractivity contribution in [2.75, 3.05) is 21.3 Å². The van der Waals surface area contributed by atoms with Gasteiger partial charge in [-0.2, -0.15) is 0 Å². The molecule has 0 heterocycles. The molecule has 0 spiro atoms. The summed E-state index contributed by atoms with van der Waals surface area (Å²) in [7, 11) is 4.47. The van der Waals surface area contributed by atoms with Gasteiger partial charge in [-0.15, -0.1) is 0 Å². The monoisotopic (exact) mass is 238 g/mol. The van der Waals surface area contributed by atoms with Crippen LogP contribution in [0.3, 0.4) is 0 Å². The van der Waals surface area contributed by atoms with Crippen molar-refractivity contribution in [3.05, 3.63) is 23.3 Å². The molecular weight excluding hydrogens is 220 g/mol. The van der Waals surface area contributed by atoms with Crippen LogP contribution in [0.1, 0.15) is 35.7 Å². The molecule has 1 aromatic carbocycles. The molecule has 0 atom stereocenters. The first-order valence-electron chi connectivity index (χ1n) is 5.39. The molecule has 0 saturated carbocycles. The highest BCUT2D eigenvalue weighted by Crippen LogP contribution is 2.34. The van der Waals surface area contributed by atoms with Gasteiger partial charge in [-0.05, 0) is 23.6 Å². The van der Waals surface area contributed by atoms with E-state index in [9.17, 15) is 4.79 Å². The van der Waals surface area contributed by atoms with Gasteiger partial charge in [0.25, 0.3) is 0 Å². The fourth-order valence-corrected chi connectivity index (χ4v) is 1.66. The molecule has 0 fully saturated rings. The lowest BCUT2D eigenvalue weighted by Crippen LogP contribution is -2.08. The second-order valence-electron chi connectivity index (χ2n) is 3.94. The summed E-state index contributed by atoms with van der Waals surface area (Å²) in [6, 6.07) is 3.47. The zero-order valence-electron chi connectivity index (χ0n) is 10.9. The van der Waals surface area contributed by atoms with Crippen LogP contribution in [-0.2, 0) is 4.74 Å². The Morgan fingerprint density at radius 3 is 2.00 bits per heavy atom. The predicted octanol–water partition coefficient (Wildman–Crippen LogP) is 2.61. The molecule has 0 aliphatic heterocycles. The van der Waals surface area contributed by atoms with Crippen LogP contribution in [0, 0.1) is 0 Å². The Morgan fingerprint density at radius 1 is 1.06 bits per heavy atom. The molecule has 0 bridgehead atoms. The second-order valence-corrected chi connectivity index (χ2v) is 3.94. The van der Waals surface area contributed by atoms with Crippen LogP contribution in [0.4, 0.5) is 0 Å². The summed E-state index contributed by atoms with van der Waals surface area (Å²) in [6.45, 7) is 4.02. The molecule has 0 amide bonds. The highest BCUT2D eigenvalue weighted by molar-refractivity contribution is 5.92. The Bertz CT molecular complexity index is 410. The van der Waals surface area contributed by atoms with Gasteiger partial charge >= 0.3 is 5.97 Å². The van der Waals surface area contributed by atoms with Crippen molar-refractivity contribution < 1.29 is 19.0 Å². The molecule has 0 aliphatic rings. The highest BCUT2D eigenvalue weighted by Gasteiger charge is 2.18. The van der Waals surface area contributed by atoms with Gasteiger partial charge < -0.3 is 14.2 Å². The molecular formula is C13H18O4. The number of benzene rings is 1. The first kappa shape index (κ1) is 13.4. The van der Waals surface area contributed by atoms with Crippen molar-refractivity contribution >= 4 is 5.97 Å². The number of esters is 1. The minimum Gasteiger partial charge on any atom is -0.493 e. The molecule has 0 aliphatic carbocycles. The zero-order valence-corrected chi connectivity index (χ0v) is 10.9. The number of carbonyl (C=O) groups excluding carboxylic acids is 1. The Labute approximate surface area is 101 Å². The maximum Gasteiger partial charge on any atom is 0.338 e. The molecule has 4 nitrogen and oxygen atoms in total. The minimum absolute atomic E-state index is 0.198. The molecule has 0 aromatic heterocycles. The fourth-order valence-electron chi connectivity index (χ4n) is 1.66. The molecule has 0 N–H and O–H groups in total. The third kappa shape index (κ3) is 2.70. The first-order chi connectivity index (χ1) is 8.04. The van der Waals surface area contributed by atoms with Crippen LogP contribution in [0.5, 0.6) is 11.5 Å². The van der Waals surface area contributed by atoms with E-state index in [0.717, 1.165) is 5.56 Å². The van der Waals surface area contributed by atoms with Crippen LogP contribution in [0.15, 0.2) is 12.1 Å². The lowest BCUT2D eigenvalue weighted by Gasteiger charge is -2.15. The van der Waals surface area contributed by atoms with Gasteiger partial charge in [0.2, 0.25) is 0 Å². The molecule has 0 radical (unpaired) electrons. The van der Waals surface area contributed by atoms with Crippen LogP contribution < -0.4 is 9.47 Å². The molecule has 17 heavy (non-hydrogen) atoms. The first-order valence-corrected chi connectivity index (χ1v) is 5.39. The second kappa shape index (κ2) is 5.57. The van der Waals surface area contributed by atoms with Crippen LogP contribution in [-0.4, -0.2) is 27.3 Å². The van der Waals surface area contributed by atoms with E-state index in [1.807, 2.05) is 19.9 Å². The Balaban J connectivity index is 3.40. The summed E-state index contributed by atoms with van der Waals surface area (Å²) in [5.41, 5.74) is 1.40. The molecule has 0 unspecified atom stereocenters. The van der Waals surface area contributed by atoms with Crippen molar-refractivity contribution in [1.29, 1.82) is 0 Å². The Kier molecular flexibility index (Phi) is 4.37. The van der Waals surface area contributed by atoms with Gasteiger partial charge in [0.05, 0.1) is 26.9 Å². The molecule has 0 saturated heterocycles. The van der Waals surface area contributed by atoms with E-state index in [1.165, 1.54) is 14.2 Å². The molecule has 1 rings (SSSR count). The Morgan fingerprint density at radius 2 is 1.59 bits per heavy atom. The van der Waals surface area contributed by atoms with E-state index in [0.29, 0.717) is 17.1 Å². The maximum absolute atomic E-state index is 11.7. The van der Waals surface area contributed by atoms with E-state index < -0.39 is 0 Å². The summed E-state index contributed by atoms with van der Waals surface area (Å²) in [5.74, 6) is 0.972. The van der Waals surface area contributed by atoms with E-state index in [4.69, 9.17) is 14.2 Å². The SMILES string of the molecule is COC(=O)c1cc(OC)c(OC)cc1C(C)C.